The summed E-state index contributed by atoms with van der Waals surface area (Å²) < 4.78 is 6.65. The minimum absolute atomic E-state index is 0.142. The SMILES string of the molecule is CCc1c(Cl)[nH]c(=O)n(CC2(OC)CCC2)c1=O. The lowest BCUT2D eigenvalue weighted by Crippen LogP contribution is -2.49. The second-order valence-electron chi connectivity index (χ2n) is 4.71. The molecule has 0 radical (unpaired) electrons. The van der Waals surface area contributed by atoms with Gasteiger partial charge in [0.25, 0.3) is 5.56 Å². The molecule has 1 heterocycles. The highest BCUT2D eigenvalue weighted by atomic mass is 35.5. The number of aromatic amines is 1. The van der Waals surface area contributed by atoms with Gasteiger partial charge in [-0.3, -0.25) is 14.3 Å². The molecule has 0 atom stereocenters. The van der Waals surface area contributed by atoms with E-state index in [9.17, 15) is 9.59 Å². The summed E-state index contributed by atoms with van der Waals surface area (Å²) in [6, 6.07) is 0. The molecular weight excluding hydrogens is 256 g/mol. The van der Waals surface area contributed by atoms with E-state index < -0.39 is 5.69 Å². The number of ether oxygens (including phenoxy) is 1. The van der Waals surface area contributed by atoms with Crippen molar-refractivity contribution >= 4 is 11.6 Å². The van der Waals surface area contributed by atoms with Crippen LogP contribution in [0.3, 0.4) is 0 Å². The van der Waals surface area contributed by atoms with Crippen molar-refractivity contribution in [2.45, 2.75) is 44.8 Å². The number of H-pyrrole nitrogens is 1. The van der Waals surface area contributed by atoms with E-state index in [-0.39, 0.29) is 16.3 Å². The first kappa shape index (κ1) is 13.4. The maximum absolute atomic E-state index is 12.2. The molecule has 0 aliphatic heterocycles. The van der Waals surface area contributed by atoms with Crippen molar-refractivity contribution in [1.29, 1.82) is 0 Å². The van der Waals surface area contributed by atoms with E-state index in [2.05, 4.69) is 4.98 Å². The summed E-state index contributed by atoms with van der Waals surface area (Å²) in [5.74, 6) is 0. The number of nitrogens with one attached hydrogen (secondary N) is 1. The zero-order chi connectivity index (χ0) is 13.3. The topological polar surface area (TPSA) is 64.1 Å². The Morgan fingerprint density at radius 1 is 1.44 bits per heavy atom. The Morgan fingerprint density at radius 3 is 2.56 bits per heavy atom. The van der Waals surface area contributed by atoms with Crippen molar-refractivity contribution in [3.63, 3.8) is 0 Å². The molecule has 0 spiro atoms. The van der Waals surface area contributed by atoms with Gasteiger partial charge >= 0.3 is 5.69 Å². The number of hydrogen-bond acceptors (Lipinski definition) is 3. The standard InChI is InChI=1S/C12H17ClN2O3/c1-3-8-9(13)14-11(17)15(10(8)16)7-12(18-2)5-4-6-12/h3-7H2,1-2H3,(H,14,17). The Balaban J connectivity index is 2.45. The molecule has 18 heavy (non-hydrogen) atoms. The Labute approximate surface area is 110 Å². The Hall–Kier alpha value is -1.07. The lowest BCUT2D eigenvalue weighted by atomic mass is 9.80. The van der Waals surface area contributed by atoms with Gasteiger partial charge in [-0.05, 0) is 25.7 Å². The lowest BCUT2D eigenvalue weighted by molar-refractivity contribution is -0.0848. The number of methoxy groups -OCH3 is 1. The van der Waals surface area contributed by atoms with Crippen LogP contribution in [0.15, 0.2) is 9.59 Å². The minimum atomic E-state index is -0.467. The van der Waals surface area contributed by atoms with Gasteiger partial charge < -0.3 is 4.74 Å². The maximum Gasteiger partial charge on any atom is 0.329 e. The molecule has 0 amide bonds. The Bertz CT molecular complexity index is 552. The first-order valence-electron chi connectivity index (χ1n) is 6.09. The van der Waals surface area contributed by atoms with Crippen LogP contribution in [0.2, 0.25) is 5.15 Å². The van der Waals surface area contributed by atoms with Gasteiger partial charge in [0.05, 0.1) is 17.7 Å². The molecule has 0 aromatic carbocycles. The van der Waals surface area contributed by atoms with Crippen LogP contribution in [-0.2, 0) is 17.7 Å². The molecule has 100 valence electrons. The second-order valence-corrected chi connectivity index (χ2v) is 5.09. The van der Waals surface area contributed by atoms with Crippen molar-refractivity contribution in [2.75, 3.05) is 7.11 Å². The van der Waals surface area contributed by atoms with E-state index >= 15 is 0 Å². The number of aromatic nitrogens is 2. The van der Waals surface area contributed by atoms with Gasteiger partial charge in [-0.2, -0.15) is 0 Å². The quantitative estimate of drug-likeness (QED) is 0.841. The Kier molecular flexibility index (Phi) is 3.64. The van der Waals surface area contributed by atoms with Gasteiger partial charge in [-0.1, -0.05) is 18.5 Å². The molecule has 1 aliphatic carbocycles. The van der Waals surface area contributed by atoms with Crippen LogP contribution >= 0.6 is 11.6 Å². The summed E-state index contributed by atoms with van der Waals surface area (Å²) >= 11 is 5.86. The predicted octanol–water partition coefficient (Wildman–Crippen LogP) is 1.32. The predicted molar refractivity (Wildman–Crippen MR) is 69.3 cm³/mol. The third-order valence-corrected chi connectivity index (χ3v) is 4.05. The van der Waals surface area contributed by atoms with Gasteiger partial charge in [0.1, 0.15) is 5.15 Å². The highest BCUT2D eigenvalue weighted by Crippen LogP contribution is 2.35. The zero-order valence-corrected chi connectivity index (χ0v) is 11.3. The molecule has 1 fully saturated rings. The monoisotopic (exact) mass is 272 g/mol. The van der Waals surface area contributed by atoms with Crippen LogP contribution < -0.4 is 11.2 Å². The normalized spacial score (nSPS) is 17.5. The van der Waals surface area contributed by atoms with Crippen LogP contribution in [-0.4, -0.2) is 22.3 Å². The largest absolute Gasteiger partial charge is 0.376 e. The molecular formula is C12H17ClN2O3. The molecule has 1 aromatic heterocycles. The van der Waals surface area contributed by atoms with Gasteiger partial charge in [0.15, 0.2) is 0 Å². The van der Waals surface area contributed by atoms with E-state index in [1.54, 1.807) is 7.11 Å². The molecule has 1 N–H and O–H groups in total. The molecule has 2 rings (SSSR count). The summed E-state index contributed by atoms with van der Waals surface area (Å²) in [6.07, 6.45) is 3.31. The number of nitrogens with zero attached hydrogens (tertiary/aromatic N) is 1. The molecule has 0 saturated heterocycles. The van der Waals surface area contributed by atoms with Crippen LogP contribution in [0.5, 0.6) is 0 Å². The van der Waals surface area contributed by atoms with E-state index in [4.69, 9.17) is 16.3 Å². The smallest absolute Gasteiger partial charge is 0.329 e. The summed E-state index contributed by atoms with van der Waals surface area (Å²) in [4.78, 5) is 26.5. The molecule has 1 aromatic rings. The second kappa shape index (κ2) is 4.90. The first-order valence-corrected chi connectivity index (χ1v) is 6.47. The summed E-state index contributed by atoms with van der Waals surface area (Å²) in [6.45, 7) is 2.13. The van der Waals surface area contributed by atoms with Crippen molar-refractivity contribution < 1.29 is 4.74 Å². The average molecular weight is 273 g/mol. The van der Waals surface area contributed by atoms with Crippen molar-refractivity contribution in [1.82, 2.24) is 9.55 Å². The average Bonchev–Trinajstić information content (AvgIpc) is 2.27. The van der Waals surface area contributed by atoms with Crippen molar-refractivity contribution in [3.8, 4) is 0 Å². The molecule has 1 aliphatic rings. The van der Waals surface area contributed by atoms with Crippen LogP contribution in [0.4, 0.5) is 0 Å². The van der Waals surface area contributed by atoms with Crippen LogP contribution in [0.1, 0.15) is 31.7 Å². The number of halogens is 1. The van der Waals surface area contributed by atoms with E-state index in [1.165, 1.54) is 4.57 Å². The fourth-order valence-corrected chi connectivity index (χ4v) is 2.62. The molecule has 5 nitrogen and oxygen atoms in total. The van der Waals surface area contributed by atoms with Gasteiger partial charge in [-0.15, -0.1) is 0 Å². The number of hydrogen-bond donors (Lipinski definition) is 1. The molecule has 0 unspecified atom stereocenters. The molecule has 6 heteroatoms. The third kappa shape index (κ3) is 2.12. The third-order valence-electron chi connectivity index (χ3n) is 3.73. The fourth-order valence-electron chi connectivity index (χ4n) is 2.32. The van der Waals surface area contributed by atoms with Gasteiger partial charge in [-0.25, -0.2) is 4.79 Å². The van der Waals surface area contributed by atoms with Crippen LogP contribution in [0.25, 0.3) is 0 Å². The molecule has 1 saturated carbocycles. The van der Waals surface area contributed by atoms with Gasteiger partial charge in [0, 0.05) is 7.11 Å². The van der Waals surface area contributed by atoms with E-state index in [1.807, 2.05) is 6.92 Å². The first-order chi connectivity index (χ1) is 8.53. The van der Waals surface area contributed by atoms with Crippen LogP contribution in [0, 0.1) is 0 Å². The van der Waals surface area contributed by atoms with Crippen molar-refractivity contribution in [3.05, 3.63) is 31.6 Å². The van der Waals surface area contributed by atoms with E-state index in [0.717, 1.165) is 19.3 Å². The molecule has 0 bridgehead atoms. The fraction of sp³-hybridized carbons (Fsp3) is 0.667. The lowest BCUT2D eigenvalue weighted by Gasteiger charge is -2.40. The Morgan fingerprint density at radius 2 is 2.11 bits per heavy atom. The summed E-state index contributed by atoms with van der Waals surface area (Å²) in [5, 5.41) is 0.142. The highest BCUT2D eigenvalue weighted by molar-refractivity contribution is 6.30. The van der Waals surface area contributed by atoms with Gasteiger partial charge in [0.2, 0.25) is 0 Å². The summed E-state index contributed by atoms with van der Waals surface area (Å²) in [5.41, 5.74) is -0.697. The van der Waals surface area contributed by atoms with Crippen molar-refractivity contribution in [2.24, 2.45) is 0 Å². The maximum atomic E-state index is 12.2. The zero-order valence-electron chi connectivity index (χ0n) is 10.6. The van der Waals surface area contributed by atoms with E-state index in [0.29, 0.717) is 18.5 Å². The summed E-state index contributed by atoms with van der Waals surface area (Å²) in [7, 11) is 1.62. The minimum Gasteiger partial charge on any atom is -0.376 e. The highest BCUT2D eigenvalue weighted by Gasteiger charge is 2.38. The number of rotatable bonds is 4.